The van der Waals surface area contributed by atoms with Crippen LogP contribution < -0.4 is 5.32 Å². The second-order valence-corrected chi connectivity index (χ2v) is 6.85. The molecule has 0 atom stereocenters. The Morgan fingerprint density at radius 3 is 2.57 bits per heavy atom. The molecule has 1 heterocycles. The first-order valence-electron chi connectivity index (χ1n) is 6.31. The van der Waals surface area contributed by atoms with Crippen molar-refractivity contribution in [2.24, 2.45) is 0 Å². The maximum Gasteiger partial charge on any atom is 0.267 e. The summed E-state index contributed by atoms with van der Waals surface area (Å²) in [5, 5.41) is 2.70. The molecule has 0 saturated heterocycles. The Hall–Kier alpha value is -1.09. The van der Waals surface area contributed by atoms with Crippen molar-refractivity contribution in [2.75, 3.05) is 34.0 Å². The molecule has 0 fully saturated rings. The van der Waals surface area contributed by atoms with Crippen LogP contribution in [0.2, 0.25) is 0 Å². The van der Waals surface area contributed by atoms with E-state index in [9.17, 15) is 13.2 Å². The Labute approximate surface area is 128 Å². The quantitative estimate of drug-likeness (QED) is 0.532. The van der Waals surface area contributed by atoms with Crippen LogP contribution in [0.5, 0.6) is 0 Å². The first-order chi connectivity index (χ1) is 9.90. The van der Waals surface area contributed by atoms with E-state index in [1.54, 1.807) is 7.11 Å². The van der Waals surface area contributed by atoms with Crippen molar-refractivity contribution < 1.29 is 22.7 Å². The van der Waals surface area contributed by atoms with E-state index >= 15 is 0 Å². The third kappa shape index (κ3) is 5.66. The smallest absolute Gasteiger partial charge is 0.267 e. The summed E-state index contributed by atoms with van der Waals surface area (Å²) in [5.41, 5.74) is 0.226. The Morgan fingerprint density at radius 1 is 1.33 bits per heavy atom. The summed E-state index contributed by atoms with van der Waals surface area (Å²) in [4.78, 5) is 12.0. The van der Waals surface area contributed by atoms with Gasteiger partial charge >= 0.3 is 0 Å². The SMILES string of the molecule is COCCCNC(=O)c1cc(S(=O)(=O)Cl)cn1CCOC. The molecule has 0 aliphatic heterocycles. The second-order valence-electron chi connectivity index (χ2n) is 4.29. The van der Waals surface area contributed by atoms with E-state index in [4.69, 9.17) is 20.2 Å². The number of methoxy groups -OCH3 is 2. The van der Waals surface area contributed by atoms with Crippen molar-refractivity contribution in [3.8, 4) is 0 Å². The maximum atomic E-state index is 12.1. The van der Waals surface area contributed by atoms with Crippen LogP contribution in [-0.2, 0) is 25.1 Å². The minimum Gasteiger partial charge on any atom is -0.385 e. The second kappa shape index (κ2) is 8.38. The normalized spacial score (nSPS) is 11.6. The van der Waals surface area contributed by atoms with Crippen molar-refractivity contribution in [1.82, 2.24) is 9.88 Å². The molecule has 120 valence electrons. The fourth-order valence-corrected chi connectivity index (χ4v) is 2.45. The summed E-state index contributed by atoms with van der Waals surface area (Å²) in [6.45, 7) is 1.67. The minimum absolute atomic E-state index is 0.109. The molecule has 9 heteroatoms. The highest BCUT2D eigenvalue weighted by atomic mass is 35.7. The molecule has 1 rings (SSSR count). The van der Waals surface area contributed by atoms with Gasteiger partial charge in [0.2, 0.25) is 0 Å². The molecule has 0 bridgehead atoms. The lowest BCUT2D eigenvalue weighted by atomic mass is 10.3. The molecule has 1 aromatic rings. The van der Waals surface area contributed by atoms with E-state index in [1.807, 2.05) is 0 Å². The van der Waals surface area contributed by atoms with Crippen LogP contribution >= 0.6 is 10.7 Å². The number of nitrogens with one attached hydrogen (secondary N) is 1. The molecule has 0 aromatic carbocycles. The maximum absolute atomic E-state index is 12.1. The van der Waals surface area contributed by atoms with Gasteiger partial charge in [0, 0.05) is 50.8 Å². The molecular weight excluding hydrogens is 320 g/mol. The summed E-state index contributed by atoms with van der Waals surface area (Å²) in [5.74, 6) is -0.367. The van der Waals surface area contributed by atoms with E-state index in [2.05, 4.69) is 5.32 Å². The first kappa shape index (κ1) is 18.0. The minimum atomic E-state index is -3.88. The number of ether oxygens (including phenoxy) is 2. The summed E-state index contributed by atoms with van der Waals surface area (Å²) < 4.78 is 34.1. The third-order valence-corrected chi connectivity index (χ3v) is 4.05. The van der Waals surface area contributed by atoms with Gasteiger partial charge in [0.05, 0.1) is 6.61 Å². The van der Waals surface area contributed by atoms with Gasteiger partial charge in [0.25, 0.3) is 15.0 Å². The zero-order valence-corrected chi connectivity index (χ0v) is 13.5. The molecule has 0 radical (unpaired) electrons. The number of hydrogen-bond donors (Lipinski definition) is 1. The lowest BCUT2D eigenvalue weighted by molar-refractivity contribution is 0.0936. The average Bonchev–Trinajstić information content (AvgIpc) is 2.85. The number of rotatable bonds is 9. The number of aromatic nitrogens is 1. The predicted molar refractivity (Wildman–Crippen MR) is 78.2 cm³/mol. The number of carbonyl (C=O) groups is 1. The van der Waals surface area contributed by atoms with Gasteiger partial charge in [-0.05, 0) is 12.5 Å². The van der Waals surface area contributed by atoms with Crippen LogP contribution in [-0.4, -0.2) is 52.9 Å². The van der Waals surface area contributed by atoms with Crippen molar-refractivity contribution in [1.29, 1.82) is 0 Å². The summed E-state index contributed by atoms with van der Waals surface area (Å²) >= 11 is 0. The predicted octanol–water partition coefficient (Wildman–Crippen LogP) is 0.828. The number of amides is 1. The molecule has 1 N–H and O–H groups in total. The van der Waals surface area contributed by atoms with E-state index in [-0.39, 0.29) is 16.5 Å². The molecule has 0 unspecified atom stereocenters. The molecule has 1 amide bonds. The van der Waals surface area contributed by atoms with Gasteiger partial charge in [0.1, 0.15) is 10.6 Å². The molecule has 0 aliphatic carbocycles. The molecule has 0 aliphatic rings. The largest absolute Gasteiger partial charge is 0.385 e. The van der Waals surface area contributed by atoms with E-state index < -0.39 is 9.05 Å². The number of halogens is 1. The zero-order chi connectivity index (χ0) is 15.9. The lowest BCUT2D eigenvalue weighted by Gasteiger charge is -2.09. The zero-order valence-electron chi connectivity index (χ0n) is 12.0. The van der Waals surface area contributed by atoms with E-state index in [0.717, 1.165) is 0 Å². The Balaban J connectivity index is 2.86. The monoisotopic (exact) mass is 338 g/mol. The van der Waals surface area contributed by atoms with Crippen molar-refractivity contribution >= 4 is 25.6 Å². The van der Waals surface area contributed by atoms with Gasteiger partial charge in [-0.15, -0.1) is 0 Å². The highest BCUT2D eigenvalue weighted by molar-refractivity contribution is 8.13. The van der Waals surface area contributed by atoms with E-state index in [0.29, 0.717) is 32.7 Å². The molecular formula is C12H19ClN2O5S. The van der Waals surface area contributed by atoms with Gasteiger partial charge < -0.3 is 19.4 Å². The molecule has 0 saturated carbocycles. The van der Waals surface area contributed by atoms with Crippen LogP contribution in [0, 0.1) is 0 Å². The summed E-state index contributed by atoms with van der Waals surface area (Å²) in [6.07, 6.45) is 1.99. The Bertz CT molecular complexity index is 570. The number of carbonyl (C=O) groups excluding carboxylic acids is 1. The van der Waals surface area contributed by atoms with Crippen molar-refractivity contribution in [3.63, 3.8) is 0 Å². The number of nitrogens with zero attached hydrogens (tertiary/aromatic N) is 1. The fraction of sp³-hybridized carbons (Fsp3) is 0.583. The average molecular weight is 339 g/mol. The third-order valence-electron chi connectivity index (χ3n) is 2.73. The molecule has 21 heavy (non-hydrogen) atoms. The lowest BCUT2D eigenvalue weighted by Crippen LogP contribution is -2.27. The summed E-state index contributed by atoms with van der Waals surface area (Å²) in [6, 6.07) is 1.25. The summed E-state index contributed by atoms with van der Waals surface area (Å²) in [7, 11) is 4.53. The van der Waals surface area contributed by atoms with Gasteiger partial charge in [-0.25, -0.2) is 8.42 Å². The topological polar surface area (TPSA) is 86.6 Å². The first-order valence-corrected chi connectivity index (χ1v) is 8.62. The van der Waals surface area contributed by atoms with Crippen LogP contribution in [0.25, 0.3) is 0 Å². The van der Waals surface area contributed by atoms with Crippen LogP contribution in [0.15, 0.2) is 17.2 Å². The highest BCUT2D eigenvalue weighted by Crippen LogP contribution is 2.18. The van der Waals surface area contributed by atoms with Gasteiger partial charge in [-0.3, -0.25) is 4.79 Å². The van der Waals surface area contributed by atoms with Gasteiger partial charge in [0.15, 0.2) is 0 Å². The van der Waals surface area contributed by atoms with Gasteiger partial charge in [-0.2, -0.15) is 0 Å². The van der Waals surface area contributed by atoms with Gasteiger partial charge in [-0.1, -0.05) is 0 Å². The van der Waals surface area contributed by atoms with Crippen molar-refractivity contribution in [3.05, 3.63) is 18.0 Å². The van der Waals surface area contributed by atoms with Crippen LogP contribution in [0.1, 0.15) is 16.9 Å². The molecule has 7 nitrogen and oxygen atoms in total. The van der Waals surface area contributed by atoms with Crippen molar-refractivity contribution in [2.45, 2.75) is 17.9 Å². The van der Waals surface area contributed by atoms with Crippen LogP contribution in [0.3, 0.4) is 0 Å². The van der Waals surface area contributed by atoms with E-state index in [1.165, 1.54) is 23.9 Å². The standard InChI is InChI=1S/C12H19ClN2O5S/c1-19-6-3-4-14-12(16)11-8-10(21(13,17)18)9-15(11)5-7-20-2/h8-9H,3-7H2,1-2H3,(H,14,16). The fourth-order valence-electron chi connectivity index (χ4n) is 1.69. The Kier molecular flexibility index (Phi) is 7.16. The molecule has 0 spiro atoms. The highest BCUT2D eigenvalue weighted by Gasteiger charge is 2.19. The number of hydrogen-bond acceptors (Lipinski definition) is 5. The molecule has 1 aromatic heterocycles. The Morgan fingerprint density at radius 2 is 2.00 bits per heavy atom. The van der Waals surface area contributed by atoms with Crippen LogP contribution in [0.4, 0.5) is 0 Å².